The molecule has 0 saturated heterocycles. The highest BCUT2D eigenvalue weighted by Gasteiger charge is 2.02. The first-order valence-electron chi connectivity index (χ1n) is 6.49. The lowest BCUT2D eigenvalue weighted by atomic mass is 10.2. The highest BCUT2D eigenvalue weighted by atomic mass is 127. The highest BCUT2D eigenvalue weighted by Crippen LogP contribution is 2.11. The Kier molecular flexibility index (Phi) is 11.1. The number of rotatable bonds is 6. The molecule has 0 unspecified atom stereocenters. The first kappa shape index (κ1) is 20.0. The van der Waals surface area contributed by atoms with Crippen LogP contribution >= 0.6 is 35.6 Å². The molecule has 7 heteroatoms. The van der Waals surface area contributed by atoms with Crippen molar-refractivity contribution in [2.75, 3.05) is 20.2 Å². The zero-order valence-electron chi connectivity index (χ0n) is 12.2. The molecule has 1 aromatic carbocycles. The molecule has 1 aromatic rings. The molecular weight excluding hydrogens is 405 g/mol. The normalized spacial score (nSPS) is 10.5. The molecule has 0 atom stereocenters. The van der Waals surface area contributed by atoms with Gasteiger partial charge in [-0.25, -0.2) is 4.99 Å². The van der Waals surface area contributed by atoms with E-state index in [0.29, 0.717) is 30.5 Å². The summed E-state index contributed by atoms with van der Waals surface area (Å²) in [6.45, 7) is 3.73. The number of carbonyl (C=O) groups is 1. The van der Waals surface area contributed by atoms with Crippen molar-refractivity contribution in [3.8, 4) is 0 Å². The van der Waals surface area contributed by atoms with Gasteiger partial charge in [0.2, 0.25) is 0 Å². The van der Waals surface area contributed by atoms with E-state index in [4.69, 9.17) is 11.6 Å². The second-order valence-electron chi connectivity index (χ2n) is 4.08. The van der Waals surface area contributed by atoms with Gasteiger partial charge in [-0.1, -0.05) is 23.7 Å². The van der Waals surface area contributed by atoms with Gasteiger partial charge in [0.05, 0.1) is 20.1 Å². The number of guanidine groups is 1. The maximum atomic E-state index is 11.0. The third-order valence-electron chi connectivity index (χ3n) is 2.50. The Morgan fingerprint density at radius 1 is 1.38 bits per heavy atom. The first-order chi connectivity index (χ1) is 9.65. The van der Waals surface area contributed by atoms with Gasteiger partial charge >= 0.3 is 5.97 Å². The van der Waals surface area contributed by atoms with Crippen molar-refractivity contribution in [1.82, 2.24) is 10.6 Å². The van der Waals surface area contributed by atoms with Gasteiger partial charge in [0.1, 0.15) is 0 Å². The quantitative estimate of drug-likeness (QED) is 0.318. The van der Waals surface area contributed by atoms with Crippen molar-refractivity contribution in [1.29, 1.82) is 0 Å². The van der Waals surface area contributed by atoms with E-state index in [1.807, 2.05) is 31.2 Å². The number of methoxy groups -OCH3 is 1. The summed E-state index contributed by atoms with van der Waals surface area (Å²) < 4.78 is 4.58. The molecule has 0 aliphatic carbocycles. The fourth-order valence-electron chi connectivity index (χ4n) is 1.53. The van der Waals surface area contributed by atoms with Crippen LogP contribution in [-0.4, -0.2) is 32.1 Å². The van der Waals surface area contributed by atoms with Crippen LogP contribution in [0, 0.1) is 0 Å². The SMILES string of the molecule is CCNC(=NCc1cccc(Cl)c1)NCCC(=O)OC.I. The van der Waals surface area contributed by atoms with Gasteiger partial charge in [-0.15, -0.1) is 24.0 Å². The minimum absolute atomic E-state index is 0. The lowest BCUT2D eigenvalue weighted by molar-refractivity contribution is -0.140. The van der Waals surface area contributed by atoms with Crippen LogP contribution in [0.3, 0.4) is 0 Å². The molecule has 5 nitrogen and oxygen atoms in total. The van der Waals surface area contributed by atoms with Gasteiger partial charge in [0, 0.05) is 18.1 Å². The average molecular weight is 426 g/mol. The zero-order valence-corrected chi connectivity index (χ0v) is 15.3. The summed E-state index contributed by atoms with van der Waals surface area (Å²) in [5.41, 5.74) is 1.03. The number of nitrogens with one attached hydrogen (secondary N) is 2. The van der Waals surface area contributed by atoms with Crippen LogP contribution in [-0.2, 0) is 16.1 Å². The largest absolute Gasteiger partial charge is 0.469 e. The van der Waals surface area contributed by atoms with Crippen LogP contribution in [0.2, 0.25) is 5.02 Å². The van der Waals surface area contributed by atoms with Crippen molar-refractivity contribution in [2.24, 2.45) is 4.99 Å². The van der Waals surface area contributed by atoms with Crippen molar-refractivity contribution in [3.05, 3.63) is 34.9 Å². The number of ether oxygens (including phenoxy) is 1. The molecule has 0 bridgehead atoms. The van der Waals surface area contributed by atoms with E-state index in [-0.39, 0.29) is 29.9 Å². The summed E-state index contributed by atoms with van der Waals surface area (Å²) in [6, 6.07) is 7.57. The molecule has 0 heterocycles. The Morgan fingerprint density at radius 2 is 2.14 bits per heavy atom. The molecule has 0 aliphatic rings. The van der Waals surface area contributed by atoms with Crippen LogP contribution < -0.4 is 10.6 Å². The number of benzene rings is 1. The second-order valence-corrected chi connectivity index (χ2v) is 4.51. The monoisotopic (exact) mass is 425 g/mol. The van der Waals surface area contributed by atoms with Crippen LogP contribution in [0.1, 0.15) is 18.9 Å². The molecule has 1 rings (SSSR count). The number of carbonyl (C=O) groups excluding carboxylic acids is 1. The van der Waals surface area contributed by atoms with Gasteiger partial charge in [0.15, 0.2) is 5.96 Å². The third-order valence-corrected chi connectivity index (χ3v) is 2.74. The molecule has 0 radical (unpaired) electrons. The van der Waals surface area contributed by atoms with Gasteiger partial charge < -0.3 is 15.4 Å². The number of nitrogens with zero attached hydrogens (tertiary/aromatic N) is 1. The Labute approximate surface area is 147 Å². The van der Waals surface area contributed by atoms with E-state index < -0.39 is 0 Å². The minimum Gasteiger partial charge on any atom is -0.469 e. The summed E-state index contributed by atoms with van der Waals surface area (Å²) in [7, 11) is 1.38. The van der Waals surface area contributed by atoms with E-state index in [1.54, 1.807) is 0 Å². The molecule has 0 spiro atoms. The number of hydrogen-bond donors (Lipinski definition) is 2. The summed E-state index contributed by atoms with van der Waals surface area (Å²) in [4.78, 5) is 15.5. The molecular formula is C14H21ClIN3O2. The van der Waals surface area contributed by atoms with Crippen molar-refractivity contribution in [2.45, 2.75) is 19.9 Å². The smallest absolute Gasteiger partial charge is 0.307 e. The van der Waals surface area contributed by atoms with E-state index in [0.717, 1.165) is 12.1 Å². The molecule has 0 aliphatic heterocycles. The lowest BCUT2D eigenvalue weighted by Crippen LogP contribution is -2.38. The van der Waals surface area contributed by atoms with E-state index in [1.165, 1.54) is 7.11 Å². The van der Waals surface area contributed by atoms with Crippen molar-refractivity contribution in [3.63, 3.8) is 0 Å². The Bertz CT molecular complexity index is 469. The summed E-state index contributed by atoms with van der Waals surface area (Å²) >= 11 is 5.92. The summed E-state index contributed by atoms with van der Waals surface area (Å²) in [5, 5.41) is 6.88. The predicted octanol–water partition coefficient (Wildman–Crippen LogP) is 2.58. The third kappa shape index (κ3) is 8.77. The van der Waals surface area contributed by atoms with E-state index in [9.17, 15) is 4.79 Å². The van der Waals surface area contributed by atoms with Crippen molar-refractivity contribution >= 4 is 47.5 Å². The fraction of sp³-hybridized carbons (Fsp3) is 0.429. The number of hydrogen-bond acceptors (Lipinski definition) is 3. The van der Waals surface area contributed by atoms with Crippen molar-refractivity contribution < 1.29 is 9.53 Å². The minimum atomic E-state index is -0.247. The molecule has 0 fully saturated rings. The standard InChI is InChI=1S/C14H20ClN3O2.HI/c1-3-16-14(17-8-7-13(19)20-2)18-10-11-5-4-6-12(15)9-11;/h4-6,9H,3,7-8,10H2,1-2H3,(H2,16,17,18);1H. The highest BCUT2D eigenvalue weighted by molar-refractivity contribution is 14.0. The lowest BCUT2D eigenvalue weighted by Gasteiger charge is -2.10. The summed E-state index contributed by atoms with van der Waals surface area (Å²) in [6.07, 6.45) is 0.304. The van der Waals surface area contributed by atoms with E-state index in [2.05, 4.69) is 20.4 Å². The molecule has 0 amide bonds. The van der Waals surface area contributed by atoms with Gasteiger partial charge in [0.25, 0.3) is 0 Å². The van der Waals surface area contributed by atoms with Gasteiger partial charge in [-0.2, -0.15) is 0 Å². The van der Waals surface area contributed by atoms with E-state index >= 15 is 0 Å². The van der Waals surface area contributed by atoms with Crippen LogP contribution in [0.25, 0.3) is 0 Å². The molecule has 0 saturated carbocycles. The topological polar surface area (TPSA) is 62.7 Å². The maximum absolute atomic E-state index is 11.0. The Hall–Kier alpha value is -1.02. The second kappa shape index (κ2) is 11.6. The summed E-state index contributed by atoms with van der Waals surface area (Å²) in [5.74, 6) is 0.416. The predicted molar refractivity (Wildman–Crippen MR) is 96.3 cm³/mol. The Morgan fingerprint density at radius 3 is 2.76 bits per heavy atom. The average Bonchev–Trinajstić information content (AvgIpc) is 2.44. The zero-order chi connectivity index (χ0) is 14.8. The number of halogens is 2. The van der Waals surface area contributed by atoms with Crippen LogP contribution in [0.4, 0.5) is 0 Å². The number of esters is 1. The van der Waals surface area contributed by atoms with Crippen LogP contribution in [0.15, 0.2) is 29.3 Å². The molecule has 118 valence electrons. The number of aliphatic imine (C=N–C) groups is 1. The molecule has 0 aromatic heterocycles. The molecule has 21 heavy (non-hydrogen) atoms. The van der Waals surface area contributed by atoms with Crippen LogP contribution in [0.5, 0.6) is 0 Å². The Balaban J connectivity index is 0.00000400. The van der Waals surface area contributed by atoms with Gasteiger partial charge in [-0.05, 0) is 24.6 Å². The fourth-order valence-corrected chi connectivity index (χ4v) is 1.75. The first-order valence-corrected chi connectivity index (χ1v) is 6.87. The van der Waals surface area contributed by atoms with Gasteiger partial charge in [-0.3, -0.25) is 4.79 Å². The molecule has 2 N–H and O–H groups in total. The maximum Gasteiger partial charge on any atom is 0.307 e.